The Morgan fingerprint density at radius 1 is 1.22 bits per heavy atom. The Balaban J connectivity index is 2.50. The van der Waals surface area contributed by atoms with E-state index in [9.17, 15) is 5.11 Å². The fourth-order valence-corrected chi connectivity index (χ4v) is 1.49. The summed E-state index contributed by atoms with van der Waals surface area (Å²) in [5.41, 5.74) is -0.407. The molecule has 2 N–H and O–H groups in total. The van der Waals surface area contributed by atoms with Crippen molar-refractivity contribution in [3.8, 4) is 11.5 Å². The van der Waals surface area contributed by atoms with E-state index in [2.05, 4.69) is 12.2 Å². The zero-order chi connectivity index (χ0) is 13.4. The third kappa shape index (κ3) is 4.55. The molecule has 0 radical (unpaired) electrons. The first kappa shape index (κ1) is 14.8. The van der Waals surface area contributed by atoms with Gasteiger partial charge in [-0.15, -0.1) is 0 Å². The molecule has 1 rings (SSSR count). The number of aliphatic hydroxyl groups is 1. The maximum atomic E-state index is 9.41. The zero-order valence-corrected chi connectivity index (χ0v) is 11.4. The van der Waals surface area contributed by atoms with Crippen LogP contribution in [0.5, 0.6) is 11.5 Å². The van der Waals surface area contributed by atoms with Gasteiger partial charge in [-0.25, -0.2) is 0 Å². The number of ether oxygens (including phenoxy) is 2. The lowest BCUT2D eigenvalue weighted by Gasteiger charge is -2.28. The minimum Gasteiger partial charge on any atom is -0.497 e. The minimum atomic E-state index is -0.407. The van der Waals surface area contributed by atoms with Crippen LogP contribution in [0.15, 0.2) is 24.3 Å². The van der Waals surface area contributed by atoms with Gasteiger partial charge >= 0.3 is 0 Å². The van der Waals surface area contributed by atoms with Crippen molar-refractivity contribution in [2.24, 2.45) is 0 Å². The van der Waals surface area contributed by atoms with Gasteiger partial charge in [-0.05, 0) is 44.2 Å². The largest absolute Gasteiger partial charge is 0.497 e. The zero-order valence-electron chi connectivity index (χ0n) is 11.4. The molecule has 0 bridgehead atoms. The summed E-state index contributed by atoms with van der Waals surface area (Å²) in [4.78, 5) is 0. The van der Waals surface area contributed by atoms with E-state index in [0.29, 0.717) is 6.61 Å². The van der Waals surface area contributed by atoms with Gasteiger partial charge in [-0.3, -0.25) is 0 Å². The topological polar surface area (TPSA) is 50.7 Å². The first-order valence-corrected chi connectivity index (χ1v) is 6.26. The Bertz CT molecular complexity index is 339. The molecule has 4 heteroatoms. The molecule has 0 aliphatic heterocycles. The van der Waals surface area contributed by atoms with Gasteiger partial charge < -0.3 is 19.9 Å². The summed E-state index contributed by atoms with van der Waals surface area (Å²) in [5, 5.41) is 12.7. The molecular weight excluding hydrogens is 230 g/mol. The Labute approximate surface area is 109 Å². The van der Waals surface area contributed by atoms with Crippen LogP contribution in [0, 0.1) is 0 Å². The molecule has 0 aliphatic rings. The Kier molecular flexibility index (Phi) is 5.95. The number of rotatable bonds is 8. The van der Waals surface area contributed by atoms with Crippen molar-refractivity contribution in [1.82, 2.24) is 5.32 Å². The Morgan fingerprint density at radius 3 is 2.33 bits per heavy atom. The van der Waals surface area contributed by atoms with E-state index in [1.54, 1.807) is 7.11 Å². The first-order chi connectivity index (χ1) is 8.63. The molecule has 1 atom stereocenters. The second-order valence-electron chi connectivity index (χ2n) is 4.61. The van der Waals surface area contributed by atoms with Crippen LogP contribution in [-0.4, -0.2) is 37.5 Å². The van der Waals surface area contributed by atoms with Crippen molar-refractivity contribution in [2.75, 3.05) is 26.9 Å². The second kappa shape index (κ2) is 7.24. The van der Waals surface area contributed by atoms with Gasteiger partial charge in [0.25, 0.3) is 0 Å². The molecular formula is C14H23NO3. The molecule has 0 amide bonds. The number of nitrogens with one attached hydrogen (secondary N) is 1. The molecule has 0 aliphatic carbocycles. The minimum absolute atomic E-state index is 0.0448. The fraction of sp³-hybridized carbons (Fsp3) is 0.571. The third-order valence-electron chi connectivity index (χ3n) is 2.77. The summed E-state index contributed by atoms with van der Waals surface area (Å²) in [5.74, 6) is 1.57. The Hall–Kier alpha value is -1.26. The highest BCUT2D eigenvalue weighted by atomic mass is 16.5. The molecule has 0 heterocycles. The van der Waals surface area contributed by atoms with Gasteiger partial charge in [0.05, 0.1) is 19.3 Å². The van der Waals surface area contributed by atoms with Gasteiger partial charge in [0.1, 0.15) is 18.1 Å². The summed E-state index contributed by atoms with van der Waals surface area (Å²) in [6, 6.07) is 7.42. The van der Waals surface area contributed by atoms with Crippen LogP contribution >= 0.6 is 0 Å². The monoisotopic (exact) mass is 253 g/mol. The van der Waals surface area contributed by atoms with Crippen molar-refractivity contribution < 1.29 is 14.6 Å². The predicted octanol–water partition coefficient (Wildman–Crippen LogP) is 1.82. The summed E-state index contributed by atoms with van der Waals surface area (Å²) < 4.78 is 10.8. The Morgan fingerprint density at radius 2 is 1.83 bits per heavy atom. The number of methoxy groups -OCH3 is 1. The molecule has 1 aromatic rings. The maximum Gasteiger partial charge on any atom is 0.119 e. The smallest absolute Gasteiger partial charge is 0.119 e. The van der Waals surface area contributed by atoms with Crippen LogP contribution in [0.3, 0.4) is 0 Å². The van der Waals surface area contributed by atoms with Crippen LogP contribution in [0.4, 0.5) is 0 Å². The number of aliphatic hydroxyl groups excluding tert-OH is 1. The number of benzene rings is 1. The van der Waals surface area contributed by atoms with Crippen molar-refractivity contribution in [2.45, 2.75) is 25.8 Å². The molecule has 18 heavy (non-hydrogen) atoms. The number of hydrogen-bond donors (Lipinski definition) is 2. The predicted molar refractivity (Wildman–Crippen MR) is 72.3 cm³/mol. The lowest BCUT2D eigenvalue weighted by Crippen LogP contribution is -2.50. The van der Waals surface area contributed by atoms with Crippen molar-refractivity contribution in [1.29, 1.82) is 0 Å². The van der Waals surface area contributed by atoms with E-state index >= 15 is 0 Å². The van der Waals surface area contributed by atoms with Crippen LogP contribution in [-0.2, 0) is 0 Å². The van der Waals surface area contributed by atoms with Crippen LogP contribution in [0.1, 0.15) is 20.3 Å². The molecule has 0 saturated heterocycles. The van der Waals surface area contributed by atoms with E-state index in [4.69, 9.17) is 9.47 Å². The van der Waals surface area contributed by atoms with Crippen molar-refractivity contribution in [3.63, 3.8) is 0 Å². The fourth-order valence-electron chi connectivity index (χ4n) is 1.49. The van der Waals surface area contributed by atoms with Gasteiger partial charge in [0, 0.05) is 0 Å². The van der Waals surface area contributed by atoms with Crippen LogP contribution in [0.25, 0.3) is 0 Å². The van der Waals surface area contributed by atoms with Crippen molar-refractivity contribution >= 4 is 0 Å². The van der Waals surface area contributed by atoms with Crippen LogP contribution < -0.4 is 14.8 Å². The summed E-state index contributed by atoms with van der Waals surface area (Å²) in [6.45, 7) is 5.38. The molecule has 4 nitrogen and oxygen atoms in total. The quantitative estimate of drug-likeness (QED) is 0.742. The average Bonchev–Trinajstić information content (AvgIpc) is 2.43. The maximum absolute atomic E-state index is 9.41. The molecule has 1 aromatic carbocycles. The lowest BCUT2D eigenvalue weighted by atomic mass is 10.1. The van der Waals surface area contributed by atoms with Gasteiger partial charge in [-0.1, -0.05) is 6.92 Å². The normalized spacial score (nSPS) is 14.0. The van der Waals surface area contributed by atoms with Gasteiger partial charge in [0.15, 0.2) is 0 Å². The van der Waals surface area contributed by atoms with Crippen LogP contribution in [0.2, 0.25) is 0 Å². The molecule has 0 aromatic heterocycles. The highest BCUT2D eigenvalue weighted by Crippen LogP contribution is 2.18. The second-order valence-corrected chi connectivity index (χ2v) is 4.61. The van der Waals surface area contributed by atoms with E-state index < -0.39 is 5.54 Å². The molecule has 0 saturated carbocycles. The van der Waals surface area contributed by atoms with E-state index in [1.807, 2.05) is 31.2 Å². The summed E-state index contributed by atoms with van der Waals surface area (Å²) in [7, 11) is 1.63. The molecule has 0 spiro atoms. The summed E-state index contributed by atoms with van der Waals surface area (Å²) >= 11 is 0. The standard InChI is InChI=1S/C14H23NO3/c1-4-9-15-14(2,10-16)11-18-13-7-5-12(17-3)6-8-13/h5-8,15-16H,4,9-11H2,1-3H3. The van der Waals surface area contributed by atoms with Gasteiger partial charge in [-0.2, -0.15) is 0 Å². The average molecular weight is 253 g/mol. The van der Waals surface area contributed by atoms with E-state index in [0.717, 1.165) is 24.5 Å². The lowest BCUT2D eigenvalue weighted by molar-refractivity contribution is 0.116. The third-order valence-corrected chi connectivity index (χ3v) is 2.77. The SMILES string of the molecule is CCCNC(C)(CO)COc1ccc(OC)cc1. The molecule has 1 unspecified atom stereocenters. The first-order valence-electron chi connectivity index (χ1n) is 6.26. The molecule has 0 fully saturated rings. The van der Waals surface area contributed by atoms with E-state index in [-0.39, 0.29) is 6.61 Å². The summed E-state index contributed by atoms with van der Waals surface area (Å²) in [6.07, 6.45) is 1.03. The van der Waals surface area contributed by atoms with E-state index in [1.165, 1.54) is 0 Å². The molecule has 102 valence electrons. The highest BCUT2D eigenvalue weighted by Gasteiger charge is 2.23. The van der Waals surface area contributed by atoms with Crippen molar-refractivity contribution in [3.05, 3.63) is 24.3 Å². The highest BCUT2D eigenvalue weighted by molar-refractivity contribution is 5.31. The number of hydrogen-bond acceptors (Lipinski definition) is 4. The van der Waals surface area contributed by atoms with Gasteiger partial charge in [0.2, 0.25) is 0 Å².